The van der Waals surface area contributed by atoms with Crippen LogP contribution < -0.4 is 4.90 Å². The molecule has 202 valence electrons. The van der Waals surface area contributed by atoms with Gasteiger partial charge in [0.15, 0.2) is 0 Å². The van der Waals surface area contributed by atoms with Crippen LogP contribution in [0.1, 0.15) is 0 Å². The molecule has 0 fully saturated rings. The number of anilines is 3. The summed E-state index contributed by atoms with van der Waals surface area (Å²) in [5.74, 6) is 0. The van der Waals surface area contributed by atoms with E-state index in [2.05, 4.69) is 162 Å². The van der Waals surface area contributed by atoms with Crippen molar-refractivity contribution in [2.45, 2.75) is 0 Å². The summed E-state index contributed by atoms with van der Waals surface area (Å²) in [5, 5.41) is 6.86. The lowest BCUT2D eigenvalue weighted by atomic mass is 9.95. The number of benzene rings is 7. The van der Waals surface area contributed by atoms with E-state index in [4.69, 9.17) is 4.42 Å². The van der Waals surface area contributed by atoms with Gasteiger partial charge in [0.25, 0.3) is 0 Å². The minimum Gasteiger partial charge on any atom is -0.455 e. The zero-order valence-electron chi connectivity index (χ0n) is 23.3. The third kappa shape index (κ3) is 3.68. The molecule has 0 bridgehead atoms. The van der Waals surface area contributed by atoms with E-state index in [0.29, 0.717) is 0 Å². The lowest BCUT2D eigenvalue weighted by Gasteiger charge is -2.25. The van der Waals surface area contributed by atoms with E-state index >= 15 is 0 Å². The molecular weight excluding hydrogens is 524 g/mol. The van der Waals surface area contributed by atoms with Crippen LogP contribution in [-0.4, -0.2) is 4.98 Å². The van der Waals surface area contributed by atoms with Crippen LogP contribution in [0.15, 0.2) is 156 Å². The van der Waals surface area contributed by atoms with Crippen LogP contribution in [0.2, 0.25) is 0 Å². The van der Waals surface area contributed by atoms with E-state index in [9.17, 15) is 0 Å². The lowest BCUT2D eigenvalue weighted by Crippen LogP contribution is -2.09. The monoisotopic (exact) mass is 550 g/mol. The number of hydrogen-bond acceptors (Lipinski definition) is 2. The number of fused-ring (bicyclic) bond motifs is 9. The van der Waals surface area contributed by atoms with Crippen molar-refractivity contribution in [1.29, 1.82) is 0 Å². The molecule has 0 aliphatic rings. The quantitative estimate of drug-likeness (QED) is 0.236. The summed E-state index contributed by atoms with van der Waals surface area (Å²) < 4.78 is 6.82. The average Bonchev–Trinajstić information content (AvgIpc) is 3.64. The highest BCUT2D eigenvalue weighted by Crippen LogP contribution is 2.44. The van der Waals surface area contributed by atoms with Crippen LogP contribution in [0.5, 0.6) is 0 Å². The van der Waals surface area contributed by atoms with Crippen LogP contribution in [0, 0.1) is 0 Å². The predicted octanol–water partition coefficient (Wildman–Crippen LogP) is 11.5. The number of nitrogens with zero attached hydrogens (tertiary/aromatic N) is 1. The number of para-hydroxylation sites is 2. The standard InChI is InChI=1S/C40H26N2O/c1-4-12-26(13-5-1)34-25-35-32-22-23-36-38(40(32)43-39(35)31-19-11-10-18-30(31)34)33-21-20-29(24-37(33)41-36)42(27-14-6-2-7-15-27)28-16-8-3-9-17-28/h1-25,41H. The van der Waals surface area contributed by atoms with Gasteiger partial charge in [-0.15, -0.1) is 0 Å². The van der Waals surface area contributed by atoms with Crippen molar-refractivity contribution >= 4 is 71.6 Å². The molecule has 2 heterocycles. The maximum atomic E-state index is 6.82. The van der Waals surface area contributed by atoms with Gasteiger partial charge in [0.2, 0.25) is 0 Å². The van der Waals surface area contributed by atoms with Gasteiger partial charge in [-0.1, -0.05) is 91.0 Å². The van der Waals surface area contributed by atoms with Crippen molar-refractivity contribution in [3.8, 4) is 11.1 Å². The summed E-state index contributed by atoms with van der Waals surface area (Å²) in [6, 6.07) is 53.6. The number of furan rings is 1. The summed E-state index contributed by atoms with van der Waals surface area (Å²) in [5.41, 5.74) is 9.75. The Bertz CT molecular complexity index is 2400. The fourth-order valence-corrected chi connectivity index (χ4v) is 6.63. The first-order valence-electron chi connectivity index (χ1n) is 14.6. The van der Waals surface area contributed by atoms with Gasteiger partial charge < -0.3 is 14.3 Å². The number of nitrogens with one attached hydrogen (secondary N) is 1. The molecule has 3 heteroatoms. The largest absolute Gasteiger partial charge is 0.455 e. The zero-order chi connectivity index (χ0) is 28.3. The van der Waals surface area contributed by atoms with E-state index < -0.39 is 0 Å². The summed E-state index contributed by atoms with van der Waals surface area (Å²) >= 11 is 0. The Morgan fingerprint density at radius 3 is 1.74 bits per heavy atom. The van der Waals surface area contributed by atoms with Gasteiger partial charge >= 0.3 is 0 Å². The highest BCUT2D eigenvalue weighted by molar-refractivity contribution is 6.26. The molecule has 3 nitrogen and oxygen atoms in total. The van der Waals surface area contributed by atoms with Gasteiger partial charge in [0.1, 0.15) is 11.2 Å². The van der Waals surface area contributed by atoms with Crippen LogP contribution >= 0.6 is 0 Å². The molecule has 9 aromatic rings. The SMILES string of the molecule is c1ccc(-c2cc3c4ccc5[nH]c6cc(N(c7ccccc7)c7ccccc7)ccc6c5c4oc3c3ccccc23)cc1. The Balaban J connectivity index is 1.29. The normalized spacial score (nSPS) is 11.7. The molecule has 0 aliphatic heterocycles. The summed E-state index contributed by atoms with van der Waals surface area (Å²) in [7, 11) is 0. The van der Waals surface area contributed by atoms with Crippen molar-refractivity contribution < 1.29 is 4.42 Å². The van der Waals surface area contributed by atoms with Gasteiger partial charge in [-0.2, -0.15) is 0 Å². The van der Waals surface area contributed by atoms with Gasteiger partial charge in [0.05, 0.1) is 10.9 Å². The Morgan fingerprint density at radius 1 is 0.419 bits per heavy atom. The van der Waals surface area contributed by atoms with Gasteiger partial charge in [-0.3, -0.25) is 0 Å². The van der Waals surface area contributed by atoms with Crippen molar-refractivity contribution in [2.75, 3.05) is 4.90 Å². The molecule has 2 aromatic heterocycles. The molecule has 0 saturated carbocycles. The van der Waals surface area contributed by atoms with E-state index in [1.165, 1.54) is 16.5 Å². The number of H-pyrrole nitrogens is 1. The van der Waals surface area contributed by atoms with Crippen molar-refractivity contribution in [2.24, 2.45) is 0 Å². The highest BCUT2D eigenvalue weighted by Gasteiger charge is 2.19. The summed E-state index contributed by atoms with van der Waals surface area (Å²) in [6.07, 6.45) is 0. The predicted molar refractivity (Wildman–Crippen MR) is 181 cm³/mol. The molecule has 1 N–H and O–H groups in total. The number of rotatable bonds is 4. The third-order valence-electron chi connectivity index (χ3n) is 8.56. The van der Waals surface area contributed by atoms with Crippen molar-refractivity contribution in [1.82, 2.24) is 4.98 Å². The molecule has 43 heavy (non-hydrogen) atoms. The van der Waals surface area contributed by atoms with E-state index in [0.717, 1.165) is 66.2 Å². The fourth-order valence-electron chi connectivity index (χ4n) is 6.63. The molecule has 9 rings (SSSR count). The summed E-state index contributed by atoms with van der Waals surface area (Å²) in [6.45, 7) is 0. The zero-order valence-corrected chi connectivity index (χ0v) is 23.3. The molecule has 7 aromatic carbocycles. The minimum atomic E-state index is 0.921. The first kappa shape index (κ1) is 23.9. The third-order valence-corrected chi connectivity index (χ3v) is 8.56. The molecule has 0 spiro atoms. The molecule has 0 atom stereocenters. The highest BCUT2D eigenvalue weighted by atomic mass is 16.3. The van der Waals surface area contributed by atoms with Gasteiger partial charge in [0, 0.05) is 44.1 Å². The van der Waals surface area contributed by atoms with Crippen LogP contribution in [0.4, 0.5) is 17.1 Å². The second-order valence-electron chi connectivity index (χ2n) is 11.0. The second-order valence-corrected chi connectivity index (χ2v) is 11.0. The first-order chi connectivity index (χ1) is 21.3. The lowest BCUT2D eigenvalue weighted by molar-refractivity contribution is 0.677. The number of hydrogen-bond donors (Lipinski definition) is 1. The van der Waals surface area contributed by atoms with E-state index in [-0.39, 0.29) is 0 Å². The van der Waals surface area contributed by atoms with Crippen molar-refractivity contribution in [3.05, 3.63) is 152 Å². The molecule has 0 radical (unpaired) electrons. The van der Waals surface area contributed by atoms with Crippen LogP contribution in [-0.2, 0) is 0 Å². The Hall–Kier alpha value is -5.80. The topological polar surface area (TPSA) is 32.2 Å². The van der Waals surface area contributed by atoms with Gasteiger partial charge in [-0.25, -0.2) is 0 Å². The van der Waals surface area contributed by atoms with Crippen LogP contribution in [0.3, 0.4) is 0 Å². The smallest absolute Gasteiger partial charge is 0.145 e. The summed E-state index contributed by atoms with van der Waals surface area (Å²) in [4.78, 5) is 5.99. The fraction of sp³-hybridized carbons (Fsp3) is 0. The second kappa shape index (κ2) is 9.37. The molecule has 0 aliphatic carbocycles. The Labute approximate surface area is 248 Å². The molecule has 0 unspecified atom stereocenters. The average molecular weight is 551 g/mol. The van der Waals surface area contributed by atoms with Crippen LogP contribution in [0.25, 0.3) is 65.6 Å². The Kier molecular flexibility index (Phi) is 5.20. The number of aromatic amines is 1. The first-order valence-corrected chi connectivity index (χ1v) is 14.6. The molecular formula is C40H26N2O. The van der Waals surface area contributed by atoms with E-state index in [1.54, 1.807) is 0 Å². The van der Waals surface area contributed by atoms with Crippen molar-refractivity contribution in [3.63, 3.8) is 0 Å². The Morgan fingerprint density at radius 2 is 1.02 bits per heavy atom. The maximum Gasteiger partial charge on any atom is 0.145 e. The van der Waals surface area contributed by atoms with Gasteiger partial charge in [-0.05, 0) is 77.2 Å². The molecule has 0 saturated heterocycles. The van der Waals surface area contributed by atoms with E-state index in [1.807, 2.05) is 0 Å². The minimum absolute atomic E-state index is 0.921. The molecule has 0 amide bonds. The number of aromatic nitrogens is 1. The maximum absolute atomic E-state index is 6.82.